The minimum atomic E-state index is -4.38. The monoisotopic (exact) mass is 295 g/mol. The molecular weight excluding hydrogens is 282 g/mol. The lowest BCUT2D eigenvalue weighted by Gasteiger charge is -2.39. The average molecular weight is 295 g/mol. The summed E-state index contributed by atoms with van der Waals surface area (Å²) in [5.74, 6) is -0.459. The van der Waals surface area contributed by atoms with Crippen LogP contribution in [0.25, 0.3) is 0 Å². The molecule has 1 aliphatic heterocycles. The van der Waals surface area contributed by atoms with E-state index in [1.807, 2.05) is 0 Å². The first-order valence-corrected chi connectivity index (χ1v) is 6.63. The first-order chi connectivity index (χ1) is 9.97. The fraction of sp³-hybridized carbons (Fsp3) is 0.250. The third kappa shape index (κ3) is 2.60. The molecule has 2 aromatic carbocycles. The molecule has 1 aliphatic rings. The zero-order valence-corrected chi connectivity index (χ0v) is 11.1. The summed E-state index contributed by atoms with van der Waals surface area (Å²) >= 11 is 0. The highest BCUT2D eigenvalue weighted by atomic mass is 19.4. The Bertz CT molecular complexity index is 633. The minimum Gasteiger partial charge on any atom is -0.356 e. The number of halogens is 4. The number of hydrogen-bond acceptors (Lipinski definition) is 1. The van der Waals surface area contributed by atoms with Crippen molar-refractivity contribution in [1.82, 2.24) is 0 Å². The lowest BCUT2D eigenvalue weighted by atomic mass is 9.91. The highest BCUT2D eigenvalue weighted by Crippen LogP contribution is 2.43. The fourth-order valence-corrected chi connectivity index (χ4v) is 2.83. The lowest BCUT2D eigenvalue weighted by molar-refractivity contribution is -0.151. The Kier molecular flexibility index (Phi) is 3.35. The van der Waals surface area contributed by atoms with Crippen LogP contribution in [0.15, 0.2) is 48.5 Å². The van der Waals surface area contributed by atoms with Gasteiger partial charge in [-0.3, -0.25) is 0 Å². The topological polar surface area (TPSA) is 3.24 Å². The summed E-state index contributed by atoms with van der Waals surface area (Å²) in [6.07, 6.45) is -3.84. The summed E-state index contributed by atoms with van der Waals surface area (Å²) in [5.41, 5.74) is 1.38. The molecule has 0 N–H and O–H groups in total. The maximum atomic E-state index is 13.5. The van der Waals surface area contributed by atoms with E-state index in [-0.39, 0.29) is 12.1 Å². The van der Waals surface area contributed by atoms with Gasteiger partial charge in [0.05, 0.1) is 0 Å². The van der Waals surface area contributed by atoms with E-state index in [4.69, 9.17) is 0 Å². The van der Waals surface area contributed by atoms with Crippen LogP contribution in [0.4, 0.5) is 23.2 Å². The number of hydrogen-bond donors (Lipinski definition) is 0. The van der Waals surface area contributed by atoms with Crippen molar-refractivity contribution in [2.45, 2.75) is 18.6 Å². The van der Waals surface area contributed by atoms with Gasteiger partial charge in [0, 0.05) is 12.2 Å². The van der Waals surface area contributed by atoms with E-state index in [1.54, 1.807) is 18.2 Å². The molecule has 0 saturated carbocycles. The van der Waals surface area contributed by atoms with Crippen molar-refractivity contribution < 1.29 is 17.6 Å². The zero-order valence-electron chi connectivity index (χ0n) is 11.1. The van der Waals surface area contributed by atoms with Crippen LogP contribution in [0, 0.1) is 5.82 Å². The van der Waals surface area contributed by atoms with E-state index in [0.717, 1.165) is 5.56 Å². The highest BCUT2D eigenvalue weighted by Gasteiger charge is 2.47. The molecule has 0 fully saturated rings. The van der Waals surface area contributed by atoms with Crippen LogP contribution in [-0.4, -0.2) is 12.7 Å². The molecule has 0 amide bonds. The smallest absolute Gasteiger partial charge is 0.356 e. The van der Waals surface area contributed by atoms with E-state index in [2.05, 4.69) is 0 Å². The molecule has 1 heterocycles. The van der Waals surface area contributed by atoms with Gasteiger partial charge in [-0.1, -0.05) is 24.3 Å². The third-order valence-electron chi connectivity index (χ3n) is 3.75. The van der Waals surface area contributed by atoms with Gasteiger partial charge in [0.25, 0.3) is 0 Å². The molecule has 0 saturated heterocycles. The molecule has 0 radical (unpaired) electrons. The van der Waals surface area contributed by atoms with Gasteiger partial charge in [-0.2, -0.15) is 13.2 Å². The van der Waals surface area contributed by atoms with E-state index >= 15 is 0 Å². The van der Waals surface area contributed by atoms with Crippen LogP contribution < -0.4 is 4.90 Å². The highest BCUT2D eigenvalue weighted by molar-refractivity contribution is 5.52. The normalized spacial score (nSPS) is 18.5. The van der Waals surface area contributed by atoms with Gasteiger partial charge >= 0.3 is 6.18 Å². The van der Waals surface area contributed by atoms with Crippen molar-refractivity contribution in [3.05, 3.63) is 65.5 Å². The molecular formula is C16H13F4N. The molecule has 5 heteroatoms. The van der Waals surface area contributed by atoms with Crippen LogP contribution >= 0.6 is 0 Å². The second kappa shape index (κ2) is 5.06. The quantitative estimate of drug-likeness (QED) is 0.701. The summed E-state index contributed by atoms with van der Waals surface area (Å²) in [4.78, 5) is 1.29. The van der Waals surface area contributed by atoms with Gasteiger partial charge in [-0.25, -0.2) is 4.39 Å². The first kappa shape index (κ1) is 13.9. The summed E-state index contributed by atoms with van der Waals surface area (Å²) < 4.78 is 53.5. The minimum absolute atomic E-state index is 0.257. The number of nitrogens with zero attached hydrogens (tertiary/aromatic N) is 1. The van der Waals surface area contributed by atoms with Crippen molar-refractivity contribution in [3.8, 4) is 0 Å². The van der Waals surface area contributed by atoms with E-state index in [9.17, 15) is 17.6 Å². The number of rotatable bonds is 1. The Morgan fingerprint density at radius 2 is 1.62 bits per heavy atom. The Morgan fingerprint density at radius 1 is 0.952 bits per heavy atom. The molecule has 3 rings (SSSR count). The third-order valence-corrected chi connectivity index (χ3v) is 3.75. The predicted molar refractivity (Wildman–Crippen MR) is 72.7 cm³/mol. The summed E-state index contributed by atoms with van der Waals surface area (Å²) in [6, 6.07) is 10.1. The van der Waals surface area contributed by atoms with Gasteiger partial charge < -0.3 is 4.90 Å². The molecule has 110 valence electrons. The average Bonchev–Trinajstić information content (AvgIpc) is 2.46. The summed E-state index contributed by atoms with van der Waals surface area (Å²) in [7, 11) is 0. The van der Waals surface area contributed by atoms with Gasteiger partial charge in [0.15, 0.2) is 6.04 Å². The van der Waals surface area contributed by atoms with Crippen molar-refractivity contribution in [2.24, 2.45) is 0 Å². The molecule has 2 aromatic rings. The van der Waals surface area contributed by atoms with Crippen LogP contribution in [0.5, 0.6) is 0 Å². The Balaban J connectivity index is 2.07. The standard InChI is InChI=1S/C16H13F4N/c17-12-5-7-13(8-6-12)21-10-9-11-3-1-2-4-14(11)15(21)16(18,19)20/h1-8,15H,9-10H2. The maximum Gasteiger partial charge on any atom is 0.413 e. The maximum absolute atomic E-state index is 13.5. The largest absolute Gasteiger partial charge is 0.413 e. The Morgan fingerprint density at radius 3 is 2.29 bits per heavy atom. The van der Waals surface area contributed by atoms with E-state index in [1.165, 1.54) is 35.2 Å². The number of fused-ring (bicyclic) bond motifs is 1. The number of alkyl halides is 3. The molecule has 0 spiro atoms. The summed E-state index contributed by atoms with van der Waals surface area (Å²) in [6.45, 7) is 0.257. The zero-order chi connectivity index (χ0) is 15.0. The molecule has 0 bridgehead atoms. The van der Waals surface area contributed by atoms with Crippen LogP contribution in [0.2, 0.25) is 0 Å². The molecule has 0 aromatic heterocycles. The molecule has 21 heavy (non-hydrogen) atoms. The van der Waals surface area contributed by atoms with Gasteiger partial charge in [-0.15, -0.1) is 0 Å². The predicted octanol–water partition coefficient (Wildman–Crippen LogP) is 4.49. The molecule has 1 nitrogen and oxygen atoms in total. The second-order valence-corrected chi connectivity index (χ2v) is 5.06. The second-order valence-electron chi connectivity index (χ2n) is 5.06. The van der Waals surface area contributed by atoms with Crippen molar-refractivity contribution in [3.63, 3.8) is 0 Å². The van der Waals surface area contributed by atoms with Crippen molar-refractivity contribution in [1.29, 1.82) is 0 Å². The molecule has 1 unspecified atom stereocenters. The van der Waals surface area contributed by atoms with Crippen molar-refractivity contribution >= 4 is 5.69 Å². The SMILES string of the molecule is Fc1ccc(N2CCc3ccccc3C2C(F)(F)F)cc1. The number of anilines is 1. The Hall–Kier alpha value is -2.04. The Labute approximate surface area is 119 Å². The van der Waals surface area contributed by atoms with Gasteiger partial charge in [0.1, 0.15) is 5.82 Å². The number of benzene rings is 2. The van der Waals surface area contributed by atoms with Crippen LogP contribution in [0.1, 0.15) is 17.2 Å². The van der Waals surface area contributed by atoms with Crippen LogP contribution in [-0.2, 0) is 6.42 Å². The van der Waals surface area contributed by atoms with E-state index in [0.29, 0.717) is 12.1 Å². The van der Waals surface area contributed by atoms with E-state index < -0.39 is 18.0 Å². The molecule has 0 aliphatic carbocycles. The van der Waals surface area contributed by atoms with Gasteiger partial charge in [-0.05, 0) is 41.8 Å². The lowest BCUT2D eigenvalue weighted by Crippen LogP contribution is -2.43. The fourth-order valence-electron chi connectivity index (χ4n) is 2.83. The molecule has 1 atom stereocenters. The van der Waals surface area contributed by atoms with Crippen LogP contribution in [0.3, 0.4) is 0 Å². The van der Waals surface area contributed by atoms with Crippen molar-refractivity contribution in [2.75, 3.05) is 11.4 Å². The first-order valence-electron chi connectivity index (χ1n) is 6.63. The summed E-state index contributed by atoms with van der Waals surface area (Å²) in [5, 5.41) is 0. The van der Waals surface area contributed by atoms with Gasteiger partial charge in [0.2, 0.25) is 0 Å².